The molecule has 0 aromatic heterocycles. The number of hydrogen-bond acceptors (Lipinski definition) is 3. The van der Waals surface area contributed by atoms with Crippen LogP contribution in [0.4, 0.5) is 11.4 Å². The lowest BCUT2D eigenvalue weighted by Crippen LogP contribution is -2.16. The maximum atomic E-state index is 11.9. The van der Waals surface area contributed by atoms with E-state index in [9.17, 15) is 4.79 Å². The van der Waals surface area contributed by atoms with Gasteiger partial charge in [-0.05, 0) is 55.3 Å². The van der Waals surface area contributed by atoms with Gasteiger partial charge in [0.05, 0.1) is 11.6 Å². The van der Waals surface area contributed by atoms with Crippen molar-refractivity contribution in [2.75, 3.05) is 17.2 Å². The molecule has 0 unspecified atom stereocenters. The van der Waals surface area contributed by atoms with Crippen molar-refractivity contribution in [3.63, 3.8) is 0 Å². The molecule has 0 spiro atoms. The monoisotopic (exact) mass is 293 g/mol. The van der Waals surface area contributed by atoms with Gasteiger partial charge in [0.2, 0.25) is 5.91 Å². The molecule has 0 radical (unpaired) electrons. The maximum absolute atomic E-state index is 11.9. The van der Waals surface area contributed by atoms with E-state index in [0.29, 0.717) is 24.2 Å². The van der Waals surface area contributed by atoms with Crippen molar-refractivity contribution in [1.82, 2.24) is 0 Å². The molecule has 0 heterocycles. The van der Waals surface area contributed by atoms with Gasteiger partial charge in [0.15, 0.2) is 0 Å². The molecule has 0 aliphatic carbocycles. The van der Waals surface area contributed by atoms with E-state index in [-0.39, 0.29) is 5.91 Å². The van der Waals surface area contributed by atoms with Crippen LogP contribution in [0.1, 0.15) is 23.1 Å². The third-order valence-electron chi connectivity index (χ3n) is 3.18. The molecule has 0 aliphatic heterocycles. The van der Waals surface area contributed by atoms with Crippen LogP contribution in [0.15, 0.2) is 42.5 Å². The molecule has 112 valence electrons. The summed E-state index contributed by atoms with van der Waals surface area (Å²) in [6.07, 6.45) is 0.365. The minimum atomic E-state index is -0.0769. The standard InChI is InChI=1S/C18H19N3O/c1-13-8-14(2)10-17(9-13)20-7-6-18(22)21-16-5-3-4-15(11-16)12-19/h3-5,8-11,20H,6-7H2,1-2H3,(H,21,22). The first-order valence-corrected chi connectivity index (χ1v) is 7.19. The van der Waals surface area contributed by atoms with Crippen LogP contribution in [-0.2, 0) is 4.79 Å². The zero-order valence-corrected chi connectivity index (χ0v) is 12.8. The first-order chi connectivity index (χ1) is 10.6. The van der Waals surface area contributed by atoms with Gasteiger partial charge in [-0.15, -0.1) is 0 Å². The molecule has 0 bridgehead atoms. The Balaban J connectivity index is 1.84. The predicted octanol–water partition coefficient (Wildman–Crippen LogP) is 3.62. The first-order valence-electron chi connectivity index (χ1n) is 7.19. The highest BCUT2D eigenvalue weighted by molar-refractivity contribution is 5.91. The number of carbonyl (C=O) groups is 1. The van der Waals surface area contributed by atoms with Crippen LogP contribution in [-0.4, -0.2) is 12.5 Å². The lowest BCUT2D eigenvalue weighted by molar-refractivity contribution is -0.115. The fourth-order valence-electron chi connectivity index (χ4n) is 2.29. The summed E-state index contributed by atoms with van der Waals surface area (Å²) in [6, 6.07) is 15.2. The van der Waals surface area contributed by atoms with Crippen LogP contribution in [0.3, 0.4) is 0 Å². The SMILES string of the molecule is Cc1cc(C)cc(NCCC(=O)Nc2cccc(C#N)c2)c1. The van der Waals surface area contributed by atoms with Gasteiger partial charge in [0.25, 0.3) is 0 Å². The second kappa shape index (κ2) is 7.28. The molecule has 2 aromatic rings. The fraction of sp³-hybridized carbons (Fsp3) is 0.222. The van der Waals surface area contributed by atoms with Crippen molar-refractivity contribution in [3.05, 3.63) is 59.2 Å². The third-order valence-corrected chi connectivity index (χ3v) is 3.18. The summed E-state index contributed by atoms with van der Waals surface area (Å²) in [5, 5.41) is 14.9. The zero-order chi connectivity index (χ0) is 15.9. The van der Waals surface area contributed by atoms with Crippen LogP contribution in [0.25, 0.3) is 0 Å². The van der Waals surface area contributed by atoms with E-state index in [1.54, 1.807) is 24.3 Å². The summed E-state index contributed by atoms with van der Waals surface area (Å²) in [6.45, 7) is 4.66. The van der Waals surface area contributed by atoms with Gasteiger partial charge in [-0.1, -0.05) is 12.1 Å². The van der Waals surface area contributed by atoms with Gasteiger partial charge < -0.3 is 10.6 Å². The van der Waals surface area contributed by atoms with E-state index in [0.717, 1.165) is 5.69 Å². The molecule has 0 fully saturated rings. The minimum Gasteiger partial charge on any atom is -0.385 e. The highest BCUT2D eigenvalue weighted by Crippen LogP contribution is 2.14. The number of hydrogen-bond donors (Lipinski definition) is 2. The van der Waals surface area contributed by atoms with Gasteiger partial charge in [0.1, 0.15) is 0 Å². The van der Waals surface area contributed by atoms with Crippen molar-refractivity contribution >= 4 is 17.3 Å². The van der Waals surface area contributed by atoms with E-state index < -0.39 is 0 Å². The summed E-state index contributed by atoms with van der Waals surface area (Å²) < 4.78 is 0. The molecule has 2 rings (SSSR count). The Bertz CT molecular complexity index is 696. The Morgan fingerprint density at radius 3 is 2.50 bits per heavy atom. The Hall–Kier alpha value is -2.80. The average Bonchev–Trinajstić information content (AvgIpc) is 2.46. The van der Waals surface area contributed by atoms with Crippen molar-refractivity contribution < 1.29 is 4.79 Å². The number of anilines is 2. The molecule has 4 nitrogen and oxygen atoms in total. The Kier molecular flexibility index (Phi) is 5.16. The third kappa shape index (κ3) is 4.64. The van der Waals surface area contributed by atoms with Crippen molar-refractivity contribution in [1.29, 1.82) is 5.26 Å². The summed E-state index contributed by atoms with van der Waals surface area (Å²) >= 11 is 0. The molecule has 4 heteroatoms. The lowest BCUT2D eigenvalue weighted by atomic mass is 10.1. The molecule has 2 aromatic carbocycles. The second-order valence-corrected chi connectivity index (χ2v) is 5.29. The van der Waals surface area contributed by atoms with E-state index in [1.807, 2.05) is 13.8 Å². The van der Waals surface area contributed by atoms with Crippen molar-refractivity contribution in [2.24, 2.45) is 0 Å². The van der Waals surface area contributed by atoms with E-state index >= 15 is 0 Å². The Morgan fingerprint density at radius 1 is 1.09 bits per heavy atom. The molecule has 1 amide bonds. The molecule has 22 heavy (non-hydrogen) atoms. The van der Waals surface area contributed by atoms with Crippen LogP contribution >= 0.6 is 0 Å². The number of nitriles is 1. The molecule has 0 atom stereocenters. The second-order valence-electron chi connectivity index (χ2n) is 5.29. The number of carbonyl (C=O) groups excluding carboxylic acids is 1. The minimum absolute atomic E-state index is 0.0769. The van der Waals surface area contributed by atoms with Crippen molar-refractivity contribution in [3.8, 4) is 6.07 Å². The Morgan fingerprint density at radius 2 is 1.82 bits per heavy atom. The number of rotatable bonds is 5. The van der Waals surface area contributed by atoms with E-state index in [4.69, 9.17) is 5.26 Å². The van der Waals surface area contributed by atoms with Gasteiger partial charge in [-0.2, -0.15) is 5.26 Å². The molecule has 0 saturated heterocycles. The largest absolute Gasteiger partial charge is 0.385 e. The number of amides is 1. The van der Waals surface area contributed by atoms with Gasteiger partial charge in [-0.3, -0.25) is 4.79 Å². The highest BCUT2D eigenvalue weighted by atomic mass is 16.1. The smallest absolute Gasteiger partial charge is 0.226 e. The zero-order valence-electron chi connectivity index (χ0n) is 12.8. The van der Waals surface area contributed by atoms with Gasteiger partial charge in [-0.25, -0.2) is 0 Å². The average molecular weight is 293 g/mol. The van der Waals surface area contributed by atoms with Crippen molar-refractivity contribution in [2.45, 2.75) is 20.3 Å². The van der Waals surface area contributed by atoms with Crippen LogP contribution < -0.4 is 10.6 Å². The van der Waals surface area contributed by atoms with E-state index in [1.165, 1.54) is 11.1 Å². The highest BCUT2D eigenvalue weighted by Gasteiger charge is 2.03. The fourth-order valence-corrected chi connectivity index (χ4v) is 2.29. The van der Waals surface area contributed by atoms with E-state index in [2.05, 4.69) is 34.9 Å². The van der Waals surface area contributed by atoms with Crippen LogP contribution in [0.5, 0.6) is 0 Å². The lowest BCUT2D eigenvalue weighted by Gasteiger charge is -2.09. The number of nitrogens with zero attached hydrogens (tertiary/aromatic N) is 1. The number of benzene rings is 2. The molecule has 0 saturated carbocycles. The van der Waals surface area contributed by atoms with Gasteiger partial charge >= 0.3 is 0 Å². The quantitative estimate of drug-likeness (QED) is 0.885. The summed E-state index contributed by atoms with van der Waals surface area (Å²) in [7, 11) is 0. The molecular weight excluding hydrogens is 274 g/mol. The number of nitrogens with one attached hydrogen (secondary N) is 2. The topological polar surface area (TPSA) is 64.9 Å². The predicted molar refractivity (Wildman–Crippen MR) is 88.8 cm³/mol. The molecule has 0 aliphatic rings. The Labute approximate surface area is 130 Å². The summed E-state index contributed by atoms with van der Waals surface area (Å²) in [5.74, 6) is -0.0769. The first kappa shape index (κ1) is 15.6. The summed E-state index contributed by atoms with van der Waals surface area (Å²) in [4.78, 5) is 11.9. The molecular formula is C18H19N3O. The van der Waals surface area contributed by atoms with Crippen LogP contribution in [0, 0.1) is 25.2 Å². The maximum Gasteiger partial charge on any atom is 0.226 e. The molecule has 2 N–H and O–H groups in total. The normalized spacial score (nSPS) is 9.86. The number of aryl methyl sites for hydroxylation is 2. The van der Waals surface area contributed by atoms with Crippen LogP contribution in [0.2, 0.25) is 0 Å². The summed E-state index contributed by atoms with van der Waals surface area (Å²) in [5.41, 5.74) is 4.60. The van der Waals surface area contributed by atoms with Gasteiger partial charge in [0, 0.05) is 24.3 Å².